The molecule has 0 saturated carbocycles. The number of fused-ring (bicyclic) bond motifs is 1. The Hall–Kier alpha value is -5.21. The molecule has 220 valence electrons. The number of aromatic nitrogens is 1. The second-order valence-electron chi connectivity index (χ2n) is 10.4. The van der Waals surface area contributed by atoms with E-state index in [-0.39, 0.29) is 12.3 Å². The molecule has 1 saturated heterocycles. The van der Waals surface area contributed by atoms with Gasteiger partial charge in [0, 0.05) is 28.2 Å². The van der Waals surface area contributed by atoms with Crippen LogP contribution in [0.3, 0.4) is 0 Å². The van der Waals surface area contributed by atoms with Crippen molar-refractivity contribution in [3.05, 3.63) is 125 Å². The lowest BCUT2D eigenvalue weighted by molar-refractivity contribution is -0.129. The first-order valence-electron chi connectivity index (χ1n) is 14.1. The van der Waals surface area contributed by atoms with Crippen LogP contribution in [0.2, 0.25) is 5.02 Å². The lowest BCUT2D eigenvalue weighted by atomic mass is 9.91. The van der Waals surface area contributed by atoms with Crippen LogP contribution in [0.1, 0.15) is 16.8 Å². The molecular formula is C35H29ClN4O4. The van der Waals surface area contributed by atoms with Crippen LogP contribution in [0.4, 0.5) is 16.2 Å². The van der Waals surface area contributed by atoms with Crippen LogP contribution in [-0.2, 0) is 16.0 Å². The zero-order valence-electron chi connectivity index (χ0n) is 24.2. The van der Waals surface area contributed by atoms with E-state index in [0.29, 0.717) is 28.4 Å². The van der Waals surface area contributed by atoms with Gasteiger partial charge in [-0.25, -0.2) is 14.6 Å². The molecule has 0 unspecified atom stereocenters. The third-order valence-corrected chi connectivity index (χ3v) is 7.98. The number of anilines is 2. The summed E-state index contributed by atoms with van der Waals surface area (Å²) in [6, 6.07) is 29.2. The number of aryl methyl sites for hydroxylation is 1. The molecule has 0 bridgehead atoms. The standard InChI is InChI=1S/C35H29ClN4O4/c1-22-28(29-21-27(44-2)17-18-30(29)38-22)19-20-37-32(23-13-15-24(36)16-14-23)31-33(41)39(25-9-5-3-6-10-25)35(43)40(34(31)42)26-11-7-4-8-12-26/h3-18,21,31,38H,19-20H2,1-2H3. The highest BCUT2D eigenvalue weighted by Gasteiger charge is 2.49. The highest BCUT2D eigenvalue weighted by atomic mass is 35.5. The van der Waals surface area contributed by atoms with Crippen LogP contribution in [0, 0.1) is 12.8 Å². The molecule has 0 aliphatic carbocycles. The molecule has 1 N–H and O–H groups in total. The van der Waals surface area contributed by atoms with Gasteiger partial charge in [-0.3, -0.25) is 14.6 Å². The molecule has 8 nitrogen and oxygen atoms in total. The third-order valence-electron chi connectivity index (χ3n) is 7.73. The van der Waals surface area contributed by atoms with Crippen molar-refractivity contribution in [2.75, 3.05) is 23.5 Å². The Labute approximate surface area is 259 Å². The molecular weight excluding hydrogens is 576 g/mol. The Bertz CT molecular complexity index is 1820. The molecule has 6 rings (SSSR count). The van der Waals surface area contributed by atoms with Gasteiger partial charge in [-0.2, -0.15) is 0 Å². The fourth-order valence-corrected chi connectivity index (χ4v) is 5.71. The summed E-state index contributed by atoms with van der Waals surface area (Å²) in [6.07, 6.45) is 0.537. The van der Waals surface area contributed by atoms with Crippen LogP contribution in [0.25, 0.3) is 10.9 Å². The molecule has 0 radical (unpaired) electrons. The number of aliphatic imine (C=N–C) groups is 1. The summed E-state index contributed by atoms with van der Waals surface area (Å²) in [4.78, 5) is 52.7. The van der Waals surface area contributed by atoms with E-state index in [1.54, 1.807) is 92.0 Å². The highest BCUT2D eigenvalue weighted by Crippen LogP contribution is 2.32. The number of nitrogens with zero attached hydrogens (tertiary/aromatic N) is 3. The number of amides is 4. The lowest BCUT2D eigenvalue weighted by Crippen LogP contribution is -2.62. The number of imide groups is 2. The van der Waals surface area contributed by atoms with Crippen LogP contribution in [0.5, 0.6) is 5.75 Å². The monoisotopic (exact) mass is 604 g/mol. The summed E-state index contributed by atoms with van der Waals surface area (Å²) in [6.45, 7) is 2.28. The van der Waals surface area contributed by atoms with Crippen molar-refractivity contribution in [3.63, 3.8) is 0 Å². The summed E-state index contributed by atoms with van der Waals surface area (Å²) in [5.41, 5.74) is 4.59. The van der Waals surface area contributed by atoms with E-state index in [4.69, 9.17) is 21.3 Å². The van der Waals surface area contributed by atoms with Gasteiger partial charge in [-0.15, -0.1) is 0 Å². The predicted octanol–water partition coefficient (Wildman–Crippen LogP) is 6.99. The number of hydrogen-bond acceptors (Lipinski definition) is 5. The number of hydrogen-bond donors (Lipinski definition) is 1. The van der Waals surface area contributed by atoms with E-state index in [0.717, 1.165) is 37.7 Å². The van der Waals surface area contributed by atoms with Gasteiger partial charge in [-0.1, -0.05) is 60.1 Å². The van der Waals surface area contributed by atoms with Crippen LogP contribution >= 0.6 is 11.6 Å². The van der Waals surface area contributed by atoms with Crippen molar-refractivity contribution in [1.29, 1.82) is 0 Å². The Morgan fingerprint density at radius 1 is 0.841 bits per heavy atom. The van der Waals surface area contributed by atoms with E-state index >= 15 is 0 Å². The summed E-state index contributed by atoms with van der Waals surface area (Å²) < 4.78 is 5.44. The molecule has 1 aromatic heterocycles. The molecule has 1 fully saturated rings. The fourth-order valence-electron chi connectivity index (χ4n) is 5.58. The second kappa shape index (κ2) is 12.2. The maximum atomic E-state index is 14.2. The van der Waals surface area contributed by atoms with Gasteiger partial charge in [0.1, 0.15) is 5.75 Å². The van der Waals surface area contributed by atoms with Crippen LogP contribution in [-0.4, -0.2) is 42.2 Å². The normalized spacial score (nSPS) is 14.5. The first-order valence-corrected chi connectivity index (χ1v) is 14.5. The van der Waals surface area contributed by atoms with Gasteiger partial charge >= 0.3 is 6.03 Å². The summed E-state index contributed by atoms with van der Waals surface area (Å²) in [5, 5.41) is 1.52. The van der Waals surface area contributed by atoms with Gasteiger partial charge in [0.2, 0.25) is 0 Å². The molecule has 1 aliphatic heterocycles. The number of ether oxygens (including phenoxy) is 1. The maximum absolute atomic E-state index is 14.2. The molecule has 9 heteroatoms. The zero-order chi connectivity index (χ0) is 30.8. The predicted molar refractivity (Wildman–Crippen MR) is 173 cm³/mol. The minimum Gasteiger partial charge on any atom is -0.497 e. The smallest absolute Gasteiger partial charge is 0.342 e. The highest BCUT2D eigenvalue weighted by molar-refractivity contribution is 6.43. The Morgan fingerprint density at radius 3 is 2.00 bits per heavy atom. The minimum atomic E-state index is -1.38. The van der Waals surface area contributed by atoms with Crippen LogP contribution < -0.4 is 14.5 Å². The first kappa shape index (κ1) is 28.9. The molecule has 1 aliphatic rings. The number of carbonyl (C=O) groups is 3. The Kier molecular flexibility index (Phi) is 8.00. The molecule has 0 spiro atoms. The number of benzene rings is 4. The quantitative estimate of drug-likeness (QED) is 0.153. The first-order chi connectivity index (χ1) is 21.4. The average Bonchev–Trinajstić information content (AvgIpc) is 3.35. The van der Waals surface area contributed by atoms with E-state index in [1.807, 2.05) is 25.1 Å². The van der Waals surface area contributed by atoms with Gasteiger partial charge in [-0.05, 0) is 79.1 Å². The van der Waals surface area contributed by atoms with Crippen LogP contribution in [0.15, 0.2) is 108 Å². The van der Waals surface area contributed by atoms with Crippen molar-refractivity contribution >= 4 is 57.4 Å². The topological polar surface area (TPSA) is 95.1 Å². The number of methoxy groups -OCH3 is 1. The zero-order valence-corrected chi connectivity index (χ0v) is 24.9. The number of halogens is 1. The van der Waals surface area contributed by atoms with Crippen molar-refractivity contribution in [1.82, 2.24) is 4.98 Å². The molecule has 2 heterocycles. The molecule has 5 aromatic rings. The number of urea groups is 1. The second-order valence-corrected chi connectivity index (χ2v) is 10.8. The van der Waals surface area contributed by atoms with E-state index in [9.17, 15) is 14.4 Å². The van der Waals surface area contributed by atoms with Gasteiger partial charge in [0.05, 0.1) is 24.2 Å². The number of nitrogens with one attached hydrogen (secondary N) is 1. The third kappa shape index (κ3) is 5.36. The SMILES string of the molecule is COc1ccc2[nH]c(C)c(CCN=C(c3ccc(Cl)cc3)C3C(=O)N(c4ccccc4)C(=O)N(c4ccccc4)C3=O)c2c1. The number of carbonyl (C=O) groups excluding carboxylic acids is 3. The minimum absolute atomic E-state index is 0.265. The van der Waals surface area contributed by atoms with Gasteiger partial charge in [0.25, 0.3) is 11.8 Å². The summed E-state index contributed by atoms with van der Waals surface area (Å²) in [7, 11) is 1.63. The maximum Gasteiger partial charge on any atom is 0.342 e. The molecule has 4 aromatic carbocycles. The van der Waals surface area contributed by atoms with Crippen molar-refractivity contribution in [3.8, 4) is 5.75 Å². The Morgan fingerprint density at radius 2 is 1.43 bits per heavy atom. The van der Waals surface area contributed by atoms with Gasteiger partial charge < -0.3 is 9.72 Å². The number of barbiturate groups is 1. The molecule has 0 atom stereocenters. The van der Waals surface area contributed by atoms with Gasteiger partial charge in [0.15, 0.2) is 5.92 Å². The lowest BCUT2D eigenvalue weighted by Gasteiger charge is -2.37. The molecule has 4 amide bonds. The number of rotatable bonds is 8. The number of para-hydroxylation sites is 2. The Balaban J connectivity index is 1.45. The number of H-pyrrole nitrogens is 1. The largest absolute Gasteiger partial charge is 0.497 e. The average molecular weight is 605 g/mol. The summed E-state index contributed by atoms with van der Waals surface area (Å²) >= 11 is 6.21. The molecule has 44 heavy (non-hydrogen) atoms. The van der Waals surface area contributed by atoms with Crippen molar-refractivity contribution < 1.29 is 19.1 Å². The fraction of sp³-hybridized carbons (Fsp3) is 0.143. The van der Waals surface area contributed by atoms with E-state index in [2.05, 4.69) is 4.98 Å². The van der Waals surface area contributed by atoms with Crippen molar-refractivity contribution in [2.45, 2.75) is 13.3 Å². The van der Waals surface area contributed by atoms with Crippen molar-refractivity contribution in [2.24, 2.45) is 10.9 Å². The van der Waals surface area contributed by atoms with E-state index in [1.165, 1.54) is 0 Å². The summed E-state index contributed by atoms with van der Waals surface area (Å²) in [5.74, 6) is -1.97. The number of aromatic amines is 1. The van der Waals surface area contributed by atoms with E-state index < -0.39 is 23.8 Å².